The van der Waals surface area contributed by atoms with Crippen LogP contribution in [0.1, 0.15) is 0 Å². The second kappa shape index (κ2) is 9.17. The van der Waals surface area contributed by atoms with E-state index in [0.29, 0.717) is 15.8 Å². The fraction of sp³-hybridized carbons (Fsp3) is 0.316. The van der Waals surface area contributed by atoms with Crippen LogP contribution in [0.15, 0.2) is 42.5 Å². The van der Waals surface area contributed by atoms with E-state index in [4.69, 9.17) is 27.9 Å². The lowest BCUT2D eigenvalue weighted by molar-refractivity contribution is 0.234. The number of amides is 2. The molecule has 2 aromatic carbocycles. The molecule has 0 spiro atoms. The fourth-order valence-corrected chi connectivity index (χ4v) is 3.23. The van der Waals surface area contributed by atoms with Gasteiger partial charge in [0.05, 0.1) is 5.02 Å². The van der Waals surface area contributed by atoms with Crippen LogP contribution in [0.2, 0.25) is 10.0 Å². The van der Waals surface area contributed by atoms with E-state index >= 15 is 0 Å². The smallest absolute Gasteiger partial charge is 0.321 e. The summed E-state index contributed by atoms with van der Waals surface area (Å²) in [5.41, 5.74) is 1.88. The predicted molar refractivity (Wildman–Crippen MR) is 110 cm³/mol. The van der Waals surface area contributed by atoms with Gasteiger partial charge in [-0.25, -0.2) is 4.79 Å². The van der Waals surface area contributed by atoms with Crippen molar-refractivity contribution >= 4 is 40.6 Å². The van der Waals surface area contributed by atoms with Gasteiger partial charge in [0, 0.05) is 42.6 Å². The summed E-state index contributed by atoms with van der Waals surface area (Å²) in [6.07, 6.45) is 0. The highest BCUT2D eigenvalue weighted by Crippen LogP contribution is 2.27. The van der Waals surface area contributed by atoms with Crippen molar-refractivity contribution in [2.45, 2.75) is 0 Å². The number of ether oxygens (including phenoxy) is 1. The Balaban J connectivity index is 1.45. The SMILES string of the molecule is CN1CCN(c2ccc(NC(=O)NCOc3ccc(Cl)cc3Cl)cc2)CC1. The Hall–Kier alpha value is -2.15. The summed E-state index contributed by atoms with van der Waals surface area (Å²) in [6, 6.07) is 12.4. The molecule has 1 saturated heterocycles. The van der Waals surface area contributed by atoms with Gasteiger partial charge in [0.15, 0.2) is 6.73 Å². The average molecular weight is 409 g/mol. The van der Waals surface area contributed by atoms with Crippen LogP contribution in [0.3, 0.4) is 0 Å². The van der Waals surface area contributed by atoms with E-state index in [1.807, 2.05) is 24.3 Å². The van der Waals surface area contributed by atoms with E-state index in [1.54, 1.807) is 18.2 Å². The molecule has 0 bridgehead atoms. The zero-order chi connectivity index (χ0) is 19.2. The minimum atomic E-state index is -0.354. The predicted octanol–water partition coefficient (Wildman–Crippen LogP) is 3.90. The van der Waals surface area contributed by atoms with Crippen molar-refractivity contribution in [2.75, 3.05) is 50.2 Å². The Labute approximate surface area is 169 Å². The second-order valence-electron chi connectivity index (χ2n) is 6.33. The van der Waals surface area contributed by atoms with Crippen molar-refractivity contribution in [3.05, 3.63) is 52.5 Å². The summed E-state index contributed by atoms with van der Waals surface area (Å²) in [5.74, 6) is 0.456. The van der Waals surface area contributed by atoms with Crippen molar-refractivity contribution in [1.29, 1.82) is 0 Å². The number of hydrogen-bond donors (Lipinski definition) is 2. The number of urea groups is 1. The first-order valence-electron chi connectivity index (χ1n) is 8.67. The molecule has 0 saturated carbocycles. The molecule has 1 heterocycles. The summed E-state index contributed by atoms with van der Waals surface area (Å²) >= 11 is 11.9. The number of anilines is 2. The maximum absolute atomic E-state index is 12.0. The highest BCUT2D eigenvalue weighted by molar-refractivity contribution is 6.35. The summed E-state index contributed by atoms with van der Waals surface area (Å²) in [6.45, 7) is 4.12. The number of nitrogens with zero attached hydrogens (tertiary/aromatic N) is 2. The number of halogens is 2. The van der Waals surface area contributed by atoms with Gasteiger partial charge in [0.1, 0.15) is 5.75 Å². The molecule has 0 radical (unpaired) electrons. The molecule has 1 fully saturated rings. The first kappa shape index (κ1) is 19.6. The Morgan fingerprint density at radius 2 is 1.78 bits per heavy atom. The summed E-state index contributed by atoms with van der Waals surface area (Å²) in [4.78, 5) is 16.6. The van der Waals surface area contributed by atoms with Crippen LogP contribution in [0.5, 0.6) is 5.75 Å². The quantitative estimate of drug-likeness (QED) is 0.736. The first-order chi connectivity index (χ1) is 13.0. The van der Waals surface area contributed by atoms with Crippen molar-refractivity contribution in [3.8, 4) is 5.75 Å². The maximum atomic E-state index is 12.0. The number of rotatable bonds is 5. The Bertz CT molecular complexity index is 778. The standard InChI is InChI=1S/C19H22Cl2N4O2/c1-24-8-10-25(11-9-24)16-5-3-15(4-6-16)23-19(26)22-13-27-18-7-2-14(20)12-17(18)21/h2-7,12H,8-11,13H2,1H3,(H2,22,23,26). The van der Waals surface area contributed by atoms with E-state index < -0.39 is 0 Å². The van der Waals surface area contributed by atoms with Crippen LogP contribution in [-0.2, 0) is 0 Å². The van der Waals surface area contributed by atoms with Gasteiger partial charge < -0.3 is 25.2 Å². The number of carbonyl (C=O) groups excluding carboxylic acids is 1. The van der Waals surface area contributed by atoms with Crippen molar-refractivity contribution in [3.63, 3.8) is 0 Å². The van der Waals surface area contributed by atoms with Gasteiger partial charge in [-0.2, -0.15) is 0 Å². The third-order valence-electron chi connectivity index (χ3n) is 4.35. The third-order valence-corrected chi connectivity index (χ3v) is 4.88. The minimum absolute atomic E-state index is 0.00738. The first-order valence-corrected chi connectivity index (χ1v) is 9.43. The molecule has 0 atom stereocenters. The molecule has 1 aliphatic rings. The van der Waals surface area contributed by atoms with E-state index in [2.05, 4.69) is 27.5 Å². The largest absolute Gasteiger partial charge is 0.472 e. The molecule has 8 heteroatoms. The highest BCUT2D eigenvalue weighted by Gasteiger charge is 2.14. The third kappa shape index (κ3) is 5.66. The van der Waals surface area contributed by atoms with E-state index in [-0.39, 0.29) is 12.8 Å². The molecular formula is C19H22Cl2N4O2. The topological polar surface area (TPSA) is 56.8 Å². The summed E-state index contributed by atoms with van der Waals surface area (Å²) in [7, 11) is 2.13. The normalized spacial score (nSPS) is 14.7. The Morgan fingerprint density at radius 3 is 2.44 bits per heavy atom. The molecule has 1 aliphatic heterocycles. The Kier molecular flexibility index (Phi) is 6.66. The monoisotopic (exact) mass is 408 g/mol. The molecule has 2 amide bonds. The van der Waals surface area contributed by atoms with E-state index in [0.717, 1.165) is 37.6 Å². The molecule has 27 heavy (non-hydrogen) atoms. The van der Waals surface area contributed by atoms with Gasteiger partial charge in [-0.1, -0.05) is 23.2 Å². The van der Waals surface area contributed by atoms with Crippen molar-refractivity contribution < 1.29 is 9.53 Å². The van der Waals surface area contributed by atoms with Crippen LogP contribution in [0, 0.1) is 0 Å². The maximum Gasteiger partial charge on any atom is 0.321 e. The molecule has 3 rings (SSSR count). The lowest BCUT2D eigenvalue weighted by Crippen LogP contribution is -2.44. The molecule has 0 aromatic heterocycles. The number of carbonyl (C=O) groups is 1. The fourth-order valence-electron chi connectivity index (χ4n) is 2.77. The van der Waals surface area contributed by atoms with Crippen LogP contribution >= 0.6 is 23.2 Å². The highest BCUT2D eigenvalue weighted by atomic mass is 35.5. The lowest BCUT2D eigenvalue weighted by atomic mass is 10.2. The minimum Gasteiger partial charge on any atom is -0.472 e. The number of hydrogen-bond acceptors (Lipinski definition) is 4. The van der Waals surface area contributed by atoms with E-state index in [9.17, 15) is 4.79 Å². The molecule has 144 valence electrons. The van der Waals surface area contributed by atoms with Gasteiger partial charge in [-0.05, 0) is 49.5 Å². The molecular weight excluding hydrogens is 387 g/mol. The molecule has 2 aromatic rings. The number of piperazine rings is 1. The van der Waals surface area contributed by atoms with Crippen molar-refractivity contribution in [2.24, 2.45) is 0 Å². The average Bonchev–Trinajstić information content (AvgIpc) is 2.65. The zero-order valence-electron chi connectivity index (χ0n) is 15.0. The summed E-state index contributed by atoms with van der Waals surface area (Å²) in [5, 5.41) is 6.32. The second-order valence-corrected chi connectivity index (χ2v) is 7.18. The number of nitrogens with one attached hydrogen (secondary N) is 2. The van der Waals surface area contributed by atoms with Gasteiger partial charge in [-0.15, -0.1) is 0 Å². The summed E-state index contributed by atoms with van der Waals surface area (Å²) < 4.78 is 5.43. The zero-order valence-corrected chi connectivity index (χ0v) is 16.6. The van der Waals surface area contributed by atoms with Gasteiger partial charge >= 0.3 is 6.03 Å². The van der Waals surface area contributed by atoms with Crippen LogP contribution in [0.25, 0.3) is 0 Å². The molecule has 6 nitrogen and oxygen atoms in total. The molecule has 2 N–H and O–H groups in total. The lowest BCUT2D eigenvalue weighted by Gasteiger charge is -2.34. The number of likely N-dealkylation sites (N-methyl/N-ethyl adjacent to an activating group) is 1. The van der Waals surface area contributed by atoms with Crippen molar-refractivity contribution in [1.82, 2.24) is 10.2 Å². The van der Waals surface area contributed by atoms with Gasteiger partial charge in [-0.3, -0.25) is 0 Å². The van der Waals surface area contributed by atoms with Crippen LogP contribution in [0.4, 0.5) is 16.2 Å². The van der Waals surface area contributed by atoms with Gasteiger partial charge in [0.2, 0.25) is 0 Å². The molecule has 0 aliphatic carbocycles. The van der Waals surface area contributed by atoms with Crippen LogP contribution in [-0.4, -0.2) is 50.9 Å². The van der Waals surface area contributed by atoms with E-state index in [1.165, 1.54) is 0 Å². The van der Waals surface area contributed by atoms with Gasteiger partial charge in [0.25, 0.3) is 0 Å². The Morgan fingerprint density at radius 1 is 1.07 bits per heavy atom. The van der Waals surface area contributed by atoms with Crippen LogP contribution < -0.4 is 20.3 Å². The molecule has 0 unspecified atom stereocenters. The number of benzene rings is 2.